The van der Waals surface area contributed by atoms with Crippen molar-refractivity contribution in [1.82, 2.24) is 9.78 Å². The first-order chi connectivity index (χ1) is 8.22. The van der Waals surface area contributed by atoms with E-state index in [-0.39, 0.29) is 0 Å². The summed E-state index contributed by atoms with van der Waals surface area (Å²) in [6, 6.07) is 1.88. The third kappa shape index (κ3) is 1.65. The Morgan fingerprint density at radius 2 is 2.00 bits per heavy atom. The highest BCUT2D eigenvalue weighted by Gasteiger charge is 2.48. The fraction of sp³-hybridized carbons (Fsp3) is 0.750. The summed E-state index contributed by atoms with van der Waals surface area (Å²) in [6.07, 6.45) is 4.80. The molecule has 17 heavy (non-hydrogen) atoms. The van der Waals surface area contributed by atoms with E-state index in [4.69, 9.17) is 15.2 Å². The summed E-state index contributed by atoms with van der Waals surface area (Å²) in [5, 5.41) is 4.45. The number of nitrogens with two attached hydrogens (primary N) is 1. The molecule has 2 aliphatic rings. The average molecular weight is 237 g/mol. The normalized spacial score (nSPS) is 24.5. The third-order valence-corrected chi connectivity index (χ3v) is 3.88. The largest absolute Gasteiger partial charge is 0.384 e. The van der Waals surface area contributed by atoms with Gasteiger partial charge in [0.05, 0.1) is 13.2 Å². The van der Waals surface area contributed by atoms with Crippen molar-refractivity contribution in [2.24, 2.45) is 13.0 Å². The maximum absolute atomic E-state index is 5.93. The molecule has 2 heterocycles. The van der Waals surface area contributed by atoms with Crippen LogP contribution in [-0.2, 0) is 22.3 Å². The first-order valence-corrected chi connectivity index (χ1v) is 6.30. The van der Waals surface area contributed by atoms with Gasteiger partial charge in [0.1, 0.15) is 11.5 Å². The number of nitrogens with zero attached hydrogens (tertiary/aromatic N) is 2. The summed E-state index contributed by atoms with van der Waals surface area (Å²) >= 11 is 0. The first-order valence-electron chi connectivity index (χ1n) is 6.30. The standard InChI is InChI=1S/C12H19N3O2/c1-15-11(13)8-10(14-15)12(16-6-7-17-12)9-4-2-3-5-9/h8-9H,2-7,13H2,1H3. The van der Waals surface area contributed by atoms with Gasteiger partial charge >= 0.3 is 0 Å². The van der Waals surface area contributed by atoms with Crippen molar-refractivity contribution in [2.45, 2.75) is 31.5 Å². The zero-order valence-electron chi connectivity index (χ0n) is 10.2. The second kappa shape index (κ2) is 3.99. The van der Waals surface area contributed by atoms with E-state index in [0.29, 0.717) is 24.9 Å². The van der Waals surface area contributed by atoms with Gasteiger partial charge in [-0.15, -0.1) is 0 Å². The van der Waals surface area contributed by atoms with Crippen LogP contribution in [0.5, 0.6) is 0 Å². The fourth-order valence-corrected chi connectivity index (χ4v) is 2.98. The molecule has 0 amide bonds. The maximum Gasteiger partial charge on any atom is 0.217 e. The van der Waals surface area contributed by atoms with Crippen LogP contribution in [-0.4, -0.2) is 23.0 Å². The van der Waals surface area contributed by atoms with Crippen LogP contribution in [0.2, 0.25) is 0 Å². The van der Waals surface area contributed by atoms with Crippen LogP contribution in [0.3, 0.4) is 0 Å². The van der Waals surface area contributed by atoms with Crippen LogP contribution in [0.1, 0.15) is 31.4 Å². The summed E-state index contributed by atoms with van der Waals surface area (Å²) in [4.78, 5) is 0. The molecule has 5 nitrogen and oxygen atoms in total. The molecule has 1 aliphatic heterocycles. The molecule has 3 rings (SSSR count). The minimum atomic E-state index is -0.633. The number of rotatable bonds is 2. The lowest BCUT2D eigenvalue weighted by Crippen LogP contribution is -2.35. The summed E-state index contributed by atoms with van der Waals surface area (Å²) in [6.45, 7) is 1.29. The molecule has 0 aromatic carbocycles. The molecule has 0 bridgehead atoms. The van der Waals surface area contributed by atoms with Crippen molar-refractivity contribution in [1.29, 1.82) is 0 Å². The second-order valence-corrected chi connectivity index (χ2v) is 4.92. The topological polar surface area (TPSA) is 62.3 Å². The molecule has 1 aliphatic carbocycles. The first kappa shape index (κ1) is 11.0. The Morgan fingerprint density at radius 1 is 1.35 bits per heavy atom. The number of aromatic nitrogens is 2. The highest BCUT2D eigenvalue weighted by atomic mass is 16.7. The molecule has 2 N–H and O–H groups in total. The van der Waals surface area contributed by atoms with Crippen molar-refractivity contribution in [3.8, 4) is 0 Å². The van der Waals surface area contributed by atoms with Gasteiger partial charge in [0, 0.05) is 19.0 Å². The Balaban J connectivity index is 1.98. The highest BCUT2D eigenvalue weighted by Crippen LogP contribution is 2.45. The molecule has 0 unspecified atom stereocenters. The van der Waals surface area contributed by atoms with Crippen molar-refractivity contribution in [3.05, 3.63) is 11.8 Å². The molecule has 5 heteroatoms. The Bertz CT molecular complexity index is 384. The molecule has 0 spiro atoms. The molecule has 94 valence electrons. The third-order valence-electron chi connectivity index (χ3n) is 3.88. The van der Waals surface area contributed by atoms with Crippen molar-refractivity contribution in [3.63, 3.8) is 0 Å². The SMILES string of the molecule is Cn1nc(C2(C3CCCC3)OCCO2)cc1N. The Hall–Kier alpha value is -1.07. The van der Waals surface area contributed by atoms with Crippen LogP contribution >= 0.6 is 0 Å². The van der Waals surface area contributed by atoms with Gasteiger partial charge < -0.3 is 15.2 Å². The van der Waals surface area contributed by atoms with Gasteiger partial charge in [-0.3, -0.25) is 4.68 Å². The lowest BCUT2D eigenvalue weighted by molar-refractivity contribution is -0.206. The van der Waals surface area contributed by atoms with Gasteiger partial charge in [-0.1, -0.05) is 12.8 Å². The van der Waals surface area contributed by atoms with Crippen molar-refractivity contribution < 1.29 is 9.47 Å². The highest BCUT2D eigenvalue weighted by molar-refractivity contribution is 5.33. The van der Waals surface area contributed by atoms with E-state index in [1.165, 1.54) is 12.8 Å². The smallest absolute Gasteiger partial charge is 0.217 e. The zero-order chi connectivity index (χ0) is 11.9. The molecular formula is C12H19N3O2. The monoisotopic (exact) mass is 237 g/mol. The second-order valence-electron chi connectivity index (χ2n) is 4.92. The van der Waals surface area contributed by atoms with E-state index in [1.54, 1.807) is 4.68 Å². The molecule has 0 atom stereocenters. The van der Waals surface area contributed by atoms with Gasteiger partial charge in [0.2, 0.25) is 5.79 Å². The van der Waals surface area contributed by atoms with Crippen LogP contribution in [0, 0.1) is 5.92 Å². The summed E-state index contributed by atoms with van der Waals surface area (Å²) in [5.74, 6) is 0.432. The Labute approximate surface area is 101 Å². The number of hydrogen-bond acceptors (Lipinski definition) is 4. The molecule has 0 radical (unpaired) electrons. The number of hydrogen-bond donors (Lipinski definition) is 1. The van der Waals surface area contributed by atoms with Crippen LogP contribution in [0.25, 0.3) is 0 Å². The summed E-state index contributed by atoms with van der Waals surface area (Å²) in [5.41, 5.74) is 6.69. The van der Waals surface area contributed by atoms with E-state index < -0.39 is 5.79 Å². The van der Waals surface area contributed by atoms with Crippen molar-refractivity contribution >= 4 is 5.82 Å². The molecule has 1 aromatic heterocycles. The van der Waals surface area contributed by atoms with E-state index >= 15 is 0 Å². The average Bonchev–Trinajstić information content (AvgIpc) is 3.01. The lowest BCUT2D eigenvalue weighted by Gasteiger charge is -2.31. The lowest BCUT2D eigenvalue weighted by atomic mass is 9.94. The van der Waals surface area contributed by atoms with E-state index in [9.17, 15) is 0 Å². The predicted molar refractivity (Wildman–Crippen MR) is 63.2 cm³/mol. The quantitative estimate of drug-likeness (QED) is 0.844. The van der Waals surface area contributed by atoms with E-state index in [1.807, 2.05) is 13.1 Å². The molecule has 1 saturated carbocycles. The fourth-order valence-electron chi connectivity index (χ4n) is 2.98. The van der Waals surface area contributed by atoms with E-state index in [2.05, 4.69) is 5.10 Å². The number of aryl methyl sites for hydroxylation is 1. The van der Waals surface area contributed by atoms with Gasteiger partial charge in [-0.05, 0) is 12.8 Å². The van der Waals surface area contributed by atoms with Gasteiger partial charge in [0.25, 0.3) is 0 Å². The van der Waals surface area contributed by atoms with Crippen LogP contribution in [0.4, 0.5) is 5.82 Å². The Morgan fingerprint density at radius 3 is 2.53 bits per heavy atom. The molecule has 1 aromatic rings. The zero-order valence-corrected chi connectivity index (χ0v) is 10.2. The number of ether oxygens (including phenoxy) is 2. The summed E-state index contributed by atoms with van der Waals surface area (Å²) in [7, 11) is 1.84. The number of anilines is 1. The van der Waals surface area contributed by atoms with Crippen molar-refractivity contribution in [2.75, 3.05) is 18.9 Å². The molecule has 2 fully saturated rings. The molecule has 1 saturated heterocycles. The minimum Gasteiger partial charge on any atom is -0.384 e. The summed E-state index contributed by atoms with van der Waals surface area (Å²) < 4.78 is 13.5. The minimum absolute atomic E-state index is 0.416. The Kier molecular flexibility index (Phi) is 2.60. The molecular weight excluding hydrogens is 218 g/mol. The van der Waals surface area contributed by atoms with Crippen LogP contribution < -0.4 is 5.73 Å². The van der Waals surface area contributed by atoms with Gasteiger partial charge in [-0.2, -0.15) is 5.10 Å². The van der Waals surface area contributed by atoms with Crippen LogP contribution in [0.15, 0.2) is 6.07 Å². The van der Waals surface area contributed by atoms with Gasteiger partial charge in [0.15, 0.2) is 0 Å². The maximum atomic E-state index is 5.93. The van der Waals surface area contributed by atoms with E-state index in [0.717, 1.165) is 18.5 Å². The number of nitrogen functional groups attached to an aromatic ring is 1. The van der Waals surface area contributed by atoms with Gasteiger partial charge in [-0.25, -0.2) is 0 Å². The predicted octanol–water partition coefficient (Wildman–Crippen LogP) is 1.39.